The Morgan fingerprint density at radius 2 is 1.91 bits per heavy atom. The molecule has 0 aliphatic heterocycles. The molecule has 7 nitrogen and oxygen atoms in total. The number of ketones is 1. The van der Waals surface area contributed by atoms with Crippen LogP contribution < -0.4 is 4.72 Å². The third-order valence-corrected chi connectivity index (χ3v) is 6.00. The van der Waals surface area contributed by atoms with Crippen LogP contribution in [0.5, 0.6) is 0 Å². The molecule has 0 fully saturated rings. The fourth-order valence-electron chi connectivity index (χ4n) is 3.44. The lowest BCUT2D eigenvalue weighted by molar-refractivity contribution is 0.103. The number of fused-ring (bicyclic) bond motifs is 1. The summed E-state index contributed by atoms with van der Waals surface area (Å²) in [6.45, 7) is 0.0971. The van der Waals surface area contributed by atoms with Crippen molar-refractivity contribution >= 4 is 39.3 Å². The van der Waals surface area contributed by atoms with Gasteiger partial charge in [0, 0.05) is 30.1 Å². The Kier molecular flexibility index (Phi) is 7.20. The summed E-state index contributed by atoms with van der Waals surface area (Å²) in [5, 5.41) is -0.217. The molecule has 0 unspecified atom stereocenters. The molecule has 4 aromatic rings. The molecule has 174 valence electrons. The first kappa shape index (κ1) is 23.8. The van der Waals surface area contributed by atoms with Gasteiger partial charge < -0.3 is 0 Å². The zero-order valence-corrected chi connectivity index (χ0v) is 19.1. The van der Waals surface area contributed by atoms with E-state index >= 15 is 0 Å². The van der Waals surface area contributed by atoms with Gasteiger partial charge in [-0.15, -0.1) is 0 Å². The Balaban J connectivity index is 1.69. The molecule has 2 heterocycles. The van der Waals surface area contributed by atoms with Crippen LogP contribution in [0.1, 0.15) is 27.9 Å². The highest BCUT2D eigenvalue weighted by molar-refractivity contribution is 7.70. The molecule has 0 amide bonds. The maximum absolute atomic E-state index is 14.7. The molecule has 2 aromatic heterocycles. The number of nitrogens with zero attached hydrogens (tertiary/aromatic N) is 3. The van der Waals surface area contributed by atoms with Crippen LogP contribution in [-0.2, 0) is 17.3 Å². The largest absolute Gasteiger partial charge is 0.288 e. The fourth-order valence-corrected chi connectivity index (χ4v) is 4.10. The molecule has 11 heteroatoms. The van der Waals surface area contributed by atoms with Crippen molar-refractivity contribution in [3.63, 3.8) is 0 Å². The van der Waals surface area contributed by atoms with Crippen LogP contribution in [-0.4, -0.2) is 35.7 Å². The van der Waals surface area contributed by atoms with Crippen LogP contribution in [0.25, 0.3) is 22.3 Å². The number of carbonyl (C=O) groups excluding carboxylic acids is 1. The molecule has 4 rings (SSSR count). The fraction of sp³-hybridized carbons (Fsp3) is 0.130. The number of benzene rings is 2. The van der Waals surface area contributed by atoms with Crippen LogP contribution in [0, 0.1) is 11.6 Å². The summed E-state index contributed by atoms with van der Waals surface area (Å²) in [6.07, 6.45) is 5.25. The molecule has 2 aromatic carbocycles. The van der Waals surface area contributed by atoms with Gasteiger partial charge in [-0.05, 0) is 54.8 Å². The molecule has 0 radical (unpaired) electrons. The predicted octanol–water partition coefficient (Wildman–Crippen LogP) is 3.90. The van der Waals surface area contributed by atoms with Gasteiger partial charge in [0.25, 0.3) is 0 Å². The quantitative estimate of drug-likeness (QED) is 0.164. The average molecular weight is 503 g/mol. The SMILES string of the molecule is O=C(c1ccc2ncc(-c3cccnc3)nc2c1)c1c(F)c(F)cc(CCCN[SH](=O)=O)c1Cl. The summed E-state index contributed by atoms with van der Waals surface area (Å²) in [4.78, 5) is 26.1. The smallest absolute Gasteiger partial charge is 0.201 e. The number of pyridine rings is 1. The van der Waals surface area contributed by atoms with E-state index in [9.17, 15) is 22.0 Å². The molecule has 0 saturated carbocycles. The van der Waals surface area contributed by atoms with Gasteiger partial charge in [-0.25, -0.2) is 26.9 Å². The van der Waals surface area contributed by atoms with Gasteiger partial charge in [0.1, 0.15) is 0 Å². The lowest BCUT2D eigenvalue weighted by Gasteiger charge is -2.12. The number of aromatic nitrogens is 3. The molecular formula is C23H17ClF2N4O3S. The Bertz CT molecular complexity index is 1460. The number of hydrogen-bond donors (Lipinski definition) is 2. The zero-order chi connectivity index (χ0) is 24.2. The van der Waals surface area contributed by atoms with Gasteiger partial charge in [0.15, 0.2) is 17.4 Å². The van der Waals surface area contributed by atoms with Crippen molar-refractivity contribution in [2.24, 2.45) is 0 Å². The summed E-state index contributed by atoms with van der Waals surface area (Å²) in [7, 11) is -2.76. The number of hydrogen-bond acceptors (Lipinski definition) is 6. The highest BCUT2D eigenvalue weighted by Gasteiger charge is 2.24. The van der Waals surface area contributed by atoms with E-state index in [4.69, 9.17) is 11.6 Å². The highest BCUT2D eigenvalue weighted by atomic mass is 35.5. The predicted molar refractivity (Wildman–Crippen MR) is 124 cm³/mol. The summed E-state index contributed by atoms with van der Waals surface area (Å²) >= 11 is 6.29. The maximum Gasteiger partial charge on any atom is 0.201 e. The zero-order valence-electron chi connectivity index (χ0n) is 17.5. The van der Waals surface area contributed by atoms with Crippen LogP contribution in [0.2, 0.25) is 5.02 Å². The van der Waals surface area contributed by atoms with Gasteiger partial charge in [-0.1, -0.05) is 11.6 Å². The second kappa shape index (κ2) is 10.3. The summed E-state index contributed by atoms with van der Waals surface area (Å²) in [5.74, 6) is -3.38. The van der Waals surface area contributed by atoms with E-state index in [-0.39, 0.29) is 35.5 Å². The van der Waals surface area contributed by atoms with Crippen LogP contribution in [0.15, 0.2) is 55.0 Å². The Morgan fingerprint density at radius 3 is 2.65 bits per heavy atom. The minimum Gasteiger partial charge on any atom is -0.288 e. The van der Waals surface area contributed by atoms with Crippen molar-refractivity contribution in [3.05, 3.63) is 88.3 Å². The minimum atomic E-state index is -2.76. The Morgan fingerprint density at radius 1 is 1.09 bits per heavy atom. The van der Waals surface area contributed by atoms with Gasteiger partial charge in [-0.2, -0.15) is 0 Å². The Labute approximate surface area is 199 Å². The van der Waals surface area contributed by atoms with Crippen molar-refractivity contribution < 1.29 is 22.0 Å². The van der Waals surface area contributed by atoms with E-state index in [0.717, 1.165) is 11.6 Å². The second-order valence-electron chi connectivity index (χ2n) is 7.32. The van der Waals surface area contributed by atoms with Crippen LogP contribution in [0.4, 0.5) is 8.78 Å². The first-order valence-electron chi connectivity index (χ1n) is 10.1. The molecule has 34 heavy (non-hydrogen) atoms. The Hall–Kier alpha value is -3.34. The van der Waals surface area contributed by atoms with E-state index in [1.807, 2.05) is 6.07 Å². The monoisotopic (exact) mass is 502 g/mol. The first-order chi connectivity index (χ1) is 16.3. The van der Waals surface area contributed by atoms with E-state index in [0.29, 0.717) is 16.7 Å². The number of thiol groups is 1. The molecule has 0 bridgehead atoms. The van der Waals surface area contributed by atoms with E-state index in [1.54, 1.807) is 30.7 Å². The number of halogens is 3. The molecule has 0 spiro atoms. The van der Waals surface area contributed by atoms with E-state index in [1.165, 1.54) is 12.1 Å². The first-order valence-corrected chi connectivity index (χ1v) is 11.7. The third-order valence-electron chi connectivity index (χ3n) is 5.08. The molecule has 0 aliphatic rings. The average Bonchev–Trinajstić information content (AvgIpc) is 2.84. The van der Waals surface area contributed by atoms with Gasteiger partial charge in [0.05, 0.1) is 33.5 Å². The minimum absolute atomic E-state index is 0.0625. The number of nitrogens with one attached hydrogen (secondary N) is 1. The number of aryl methyl sites for hydroxylation is 1. The number of carbonyl (C=O) groups is 1. The third kappa shape index (κ3) is 5.09. The lowest BCUT2D eigenvalue weighted by atomic mass is 9.98. The van der Waals surface area contributed by atoms with E-state index < -0.39 is 33.9 Å². The van der Waals surface area contributed by atoms with Crippen molar-refractivity contribution in [1.29, 1.82) is 0 Å². The van der Waals surface area contributed by atoms with E-state index in [2.05, 4.69) is 19.7 Å². The summed E-state index contributed by atoms with van der Waals surface area (Å²) in [6, 6.07) is 8.93. The van der Waals surface area contributed by atoms with Crippen molar-refractivity contribution in [2.45, 2.75) is 12.8 Å². The van der Waals surface area contributed by atoms with Gasteiger partial charge in [-0.3, -0.25) is 14.8 Å². The van der Waals surface area contributed by atoms with Crippen molar-refractivity contribution in [1.82, 2.24) is 19.7 Å². The molecule has 0 saturated heterocycles. The standard InChI is InChI=1S/C23H17ClF2N4O3S/c24-21-13(3-2-8-29-34(32)33)9-16(25)22(26)20(21)23(31)14-5-6-17-18(10-14)30-19(12-28-17)15-4-1-7-27-11-15/h1,4-7,9-12,34H,2-3,8H2,(H,29,32,33). The highest BCUT2D eigenvalue weighted by Crippen LogP contribution is 2.30. The van der Waals surface area contributed by atoms with Gasteiger partial charge >= 0.3 is 0 Å². The molecule has 1 N–H and O–H groups in total. The van der Waals surface area contributed by atoms with Crippen LogP contribution in [0.3, 0.4) is 0 Å². The lowest BCUT2D eigenvalue weighted by Crippen LogP contribution is -2.14. The summed E-state index contributed by atoms with van der Waals surface area (Å²) in [5.41, 5.74) is 1.84. The topological polar surface area (TPSA) is 102 Å². The molecule has 0 atom stereocenters. The summed E-state index contributed by atoms with van der Waals surface area (Å²) < 4.78 is 52.4. The second-order valence-corrected chi connectivity index (χ2v) is 8.53. The maximum atomic E-state index is 14.7. The molecule has 0 aliphatic carbocycles. The van der Waals surface area contributed by atoms with Crippen molar-refractivity contribution in [2.75, 3.05) is 6.54 Å². The normalized spacial score (nSPS) is 11.3. The van der Waals surface area contributed by atoms with Crippen molar-refractivity contribution in [3.8, 4) is 11.3 Å². The molecular weight excluding hydrogens is 486 g/mol. The van der Waals surface area contributed by atoms with Gasteiger partial charge in [0.2, 0.25) is 10.9 Å². The van der Waals surface area contributed by atoms with Crippen LogP contribution >= 0.6 is 11.6 Å². The number of rotatable bonds is 8.